The van der Waals surface area contributed by atoms with Gasteiger partial charge in [0.15, 0.2) is 9.84 Å². The molecule has 17 heavy (non-hydrogen) atoms. The van der Waals surface area contributed by atoms with Gasteiger partial charge in [0.25, 0.3) is 0 Å². The summed E-state index contributed by atoms with van der Waals surface area (Å²) in [5.41, 5.74) is 6.74. The van der Waals surface area contributed by atoms with Gasteiger partial charge in [-0.3, -0.25) is 4.90 Å². The van der Waals surface area contributed by atoms with E-state index in [1.807, 2.05) is 18.2 Å². The Morgan fingerprint density at radius 3 is 2.65 bits per heavy atom. The Hall–Kier alpha value is -0.910. The molecule has 0 aromatic heterocycles. The van der Waals surface area contributed by atoms with Gasteiger partial charge in [-0.05, 0) is 5.56 Å². The van der Waals surface area contributed by atoms with Crippen molar-refractivity contribution < 1.29 is 8.42 Å². The molecule has 1 atom stereocenters. The summed E-state index contributed by atoms with van der Waals surface area (Å²) in [6.45, 7) is 2.17. The maximum absolute atomic E-state index is 11.7. The number of sulfone groups is 1. The molecule has 1 saturated heterocycles. The lowest BCUT2D eigenvalue weighted by Gasteiger charge is -2.31. The predicted molar refractivity (Wildman–Crippen MR) is 68.3 cm³/mol. The summed E-state index contributed by atoms with van der Waals surface area (Å²) in [5, 5.41) is -0.403. The van der Waals surface area contributed by atoms with E-state index in [9.17, 15) is 8.42 Å². The molecule has 4 nitrogen and oxygen atoms in total. The van der Waals surface area contributed by atoms with Crippen LogP contribution in [0.4, 0.5) is 0 Å². The van der Waals surface area contributed by atoms with Crippen LogP contribution in [-0.2, 0) is 16.4 Å². The second-order valence-electron chi connectivity index (χ2n) is 4.45. The summed E-state index contributed by atoms with van der Waals surface area (Å²) in [7, 11) is -2.97. The Morgan fingerprint density at radius 2 is 2.00 bits per heavy atom. The second kappa shape index (κ2) is 5.16. The highest BCUT2D eigenvalue weighted by atomic mass is 32.2. The summed E-state index contributed by atoms with van der Waals surface area (Å²) >= 11 is 0. The minimum Gasteiger partial charge on any atom is -0.329 e. The smallest absolute Gasteiger partial charge is 0.156 e. The van der Waals surface area contributed by atoms with Crippen LogP contribution in [0.1, 0.15) is 5.56 Å². The maximum atomic E-state index is 11.7. The zero-order chi connectivity index (χ0) is 12.3. The monoisotopic (exact) mass is 254 g/mol. The molecular weight excluding hydrogens is 236 g/mol. The molecule has 2 N–H and O–H groups in total. The van der Waals surface area contributed by atoms with E-state index < -0.39 is 15.1 Å². The number of nitrogens with two attached hydrogens (primary N) is 1. The molecule has 0 spiro atoms. The molecule has 0 radical (unpaired) electrons. The zero-order valence-electron chi connectivity index (χ0n) is 9.75. The van der Waals surface area contributed by atoms with Gasteiger partial charge in [-0.2, -0.15) is 0 Å². The highest BCUT2D eigenvalue weighted by Crippen LogP contribution is 2.14. The highest BCUT2D eigenvalue weighted by Gasteiger charge is 2.31. The first-order chi connectivity index (χ1) is 8.12. The average Bonchev–Trinajstić information content (AvgIpc) is 2.33. The van der Waals surface area contributed by atoms with Crippen molar-refractivity contribution in [2.45, 2.75) is 11.8 Å². The van der Waals surface area contributed by atoms with Gasteiger partial charge in [0.05, 0.1) is 11.0 Å². The molecule has 5 heteroatoms. The lowest BCUT2D eigenvalue weighted by Crippen LogP contribution is -2.49. The number of hydrogen-bond acceptors (Lipinski definition) is 4. The number of rotatable bonds is 3. The van der Waals surface area contributed by atoms with Gasteiger partial charge in [-0.25, -0.2) is 8.42 Å². The molecule has 0 saturated carbocycles. The number of hydrogen-bond donors (Lipinski definition) is 1. The molecule has 0 aliphatic carbocycles. The first-order valence-corrected chi connectivity index (χ1v) is 7.51. The van der Waals surface area contributed by atoms with E-state index in [1.165, 1.54) is 5.56 Å². The Balaban J connectivity index is 2.01. The molecule has 1 unspecified atom stereocenters. The van der Waals surface area contributed by atoms with Crippen molar-refractivity contribution in [3.8, 4) is 0 Å². The fraction of sp³-hybridized carbons (Fsp3) is 0.500. The summed E-state index contributed by atoms with van der Waals surface area (Å²) < 4.78 is 23.4. The van der Waals surface area contributed by atoms with E-state index in [2.05, 4.69) is 17.0 Å². The summed E-state index contributed by atoms with van der Waals surface area (Å²) in [6.07, 6.45) is 0. The highest BCUT2D eigenvalue weighted by molar-refractivity contribution is 7.92. The number of benzene rings is 1. The molecule has 2 rings (SSSR count). The van der Waals surface area contributed by atoms with Crippen LogP contribution in [-0.4, -0.2) is 44.0 Å². The SMILES string of the molecule is NCC1CN(Cc2ccccc2)CCS1(=O)=O. The average molecular weight is 254 g/mol. The van der Waals surface area contributed by atoms with E-state index in [1.54, 1.807) is 0 Å². The maximum Gasteiger partial charge on any atom is 0.156 e. The van der Waals surface area contributed by atoms with Gasteiger partial charge in [0, 0.05) is 26.2 Å². The Labute approximate surface area is 102 Å². The third-order valence-corrected chi connectivity index (χ3v) is 5.28. The van der Waals surface area contributed by atoms with Crippen molar-refractivity contribution in [1.29, 1.82) is 0 Å². The van der Waals surface area contributed by atoms with E-state index in [0.717, 1.165) is 6.54 Å². The molecule has 1 heterocycles. The van der Waals surface area contributed by atoms with E-state index in [4.69, 9.17) is 5.73 Å². The van der Waals surface area contributed by atoms with E-state index in [0.29, 0.717) is 13.1 Å². The van der Waals surface area contributed by atoms with Crippen LogP contribution in [0.5, 0.6) is 0 Å². The van der Waals surface area contributed by atoms with Crippen molar-refractivity contribution >= 4 is 9.84 Å². The van der Waals surface area contributed by atoms with Gasteiger partial charge in [-0.15, -0.1) is 0 Å². The van der Waals surface area contributed by atoms with Crippen LogP contribution >= 0.6 is 0 Å². The molecule has 1 aliphatic rings. The van der Waals surface area contributed by atoms with Crippen LogP contribution in [0.25, 0.3) is 0 Å². The minimum absolute atomic E-state index is 0.216. The van der Waals surface area contributed by atoms with E-state index in [-0.39, 0.29) is 12.3 Å². The van der Waals surface area contributed by atoms with Crippen molar-refractivity contribution in [3.63, 3.8) is 0 Å². The fourth-order valence-corrected chi connectivity index (χ4v) is 3.70. The molecule has 0 amide bonds. The second-order valence-corrected chi connectivity index (χ2v) is 6.85. The molecule has 1 aromatic rings. The van der Waals surface area contributed by atoms with Gasteiger partial charge in [0.2, 0.25) is 0 Å². The molecule has 1 aromatic carbocycles. The predicted octanol–water partition coefficient (Wildman–Crippen LogP) is 0.244. The molecule has 1 fully saturated rings. The zero-order valence-corrected chi connectivity index (χ0v) is 10.6. The van der Waals surface area contributed by atoms with Crippen LogP contribution in [0.3, 0.4) is 0 Å². The summed E-state index contributed by atoms with van der Waals surface area (Å²) in [6, 6.07) is 10.1. The van der Waals surface area contributed by atoms with Gasteiger partial charge in [-0.1, -0.05) is 30.3 Å². The Kier molecular flexibility index (Phi) is 3.81. The van der Waals surface area contributed by atoms with E-state index >= 15 is 0 Å². The molecular formula is C12H18N2O2S. The van der Waals surface area contributed by atoms with Crippen LogP contribution in [0.2, 0.25) is 0 Å². The topological polar surface area (TPSA) is 63.4 Å². The molecule has 94 valence electrons. The van der Waals surface area contributed by atoms with Gasteiger partial charge < -0.3 is 5.73 Å². The van der Waals surface area contributed by atoms with Crippen molar-refractivity contribution in [2.24, 2.45) is 5.73 Å². The first kappa shape index (κ1) is 12.5. The van der Waals surface area contributed by atoms with Crippen molar-refractivity contribution in [1.82, 2.24) is 4.90 Å². The third-order valence-electron chi connectivity index (χ3n) is 3.17. The quantitative estimate of drug-likeness (QED) is 0.839. The largest absolute Gasteiger partial charge is 0.329 e. The normalized spacial score (nSPS) is 24.6. The van der Waals surface area contributed by atoms with Crippen molar-refractivity contribution in [2.75, 3.05) is 25.4 Å². The molecule has 1 aliphatic heterocycles. The molecule has 0 bridgehead atoms. The summed E-state index contributed by atoms with van der Waals surface area (Å²) in [5.74, 6) is 0.224. The number of nitrogens with zero attached hydrogens (tertiary/aromatic N) is 1. The first-order valence-electron chi connectivity index (χ1n) is 5.80. The lowest BCUT2D eigenvalue weighted by atomic mass is 10.2. The van der Waals surface area contributed by atoms with Crippen molar-refractivity contribution in [3.05, 3.63) is 35.9 Å². The lowest BCUT2D eigenvalue weighted by molar-refractivity contribution is 0.267. The van der Waals surface area contributed by atoms with Crippen LogP contribution < -0.4 is 5.73 Å². The van der Waals surface area contributed by atoms with Crippen LogP contribution in [0, 0.1) is 0 Å². The Morgan fingerprint density at radius 1 is 1.29 bits per heavy atom. The summed E-state index contributed by atoms with van der Waals surface area (Å²) in [4.78, 5) is 2.16. The minimum atomic E-state index is -2.97. The van der Waals surface area contributed by atoms with Crippen LogP contribution in [0.15, 0.2) is 30.3 Å². The van der Waals surface area contributed by atoms with Gasteiger partial charge >= 0.3 is 0 Å². The van der Waals surface area contributed by atoms with Gasteiger partial charge in [0.1, 0.15) is 0 Å². The third kappa shape index (κ3) is 3.06. The Bertz CT molecular complexity index is 459. The fourth-order valence-electron chi connectivity index (χ4n) is 2.12. The standard InChI is InChI=1S/C12H18N2O2S/c13-8-12-10-14(6-7-17(12,15)16)9-11-4-2-1-3-5-11/h1-5,12H,6-10,13H2.